The fourth-order valence-corrected chi connectivity index (χ4v) is 3.89. The number of likely N-dealkylation sites (tertiary alicyclic amines) is 1. The number of aryl methyl sites for hydroxylation is 1. The SMILES string of the molecule is O=C(c1ccccn1)N1CCC(CCc2noc(C3CCOCC3)n2)CC1. The van der Waals surface area contributed by atoms with Crippen LogP contribution in [0.4, 0.5) is 0 Å². The van der Waals surface area contributed by atoms with Crippen LogP contribution in [0, 0.1) is 5.92 Å². The van der Waals surface area contributed by atoms with E-state index >= 15 is 0 Å². The Kier molecular flexibility index (Phi) is 5.77. The zero-order valence-electron chi connectivity index (χ0n) is 15.5. The van der Waals surface area contributed by atoms with Crippen LogP contribution in [-0.4, -0.2) is 52.2 Å². The molecule has 0 unspecified atom stereocenters. The molecule has 2 saturated heterocycles. The van der Waals surface area contributed by atoms with Gasteiger partial charge >= 0.3 is 0 Å². The molecule has 2 aromatic heterocycles. The number of carbonyl (C=O) groups is 1. The topological polar surface area (TPSA) is 81.4 Å². The van der Waals surface area contributed by atoms with Crippen LogP contribution in [0.15, 0.2) is 28.9 Å². The second kappa shape index (κ2) is 8.61. The van der Waals surface area contributed by atoms with Crippen molar-refractivity contribution < 1.29 is 14.1 Å². The molecule has 2 aromatic rings. The minimum absolute atomic E-state index is 0.0355. The van der Waals surface area contributed by atoms with Crippen molar-refractivity contribution in [3.05, 3.63) is 41.8 Å². The van der Waals surface area contributed by atoms with Crippen LogP contribution in [0.1, 0.15) is 60.2 Å². The van der Waals surface area contributed by atoms with E-state index in [2.05, 4.69) is 15.1 Å². The number of aromatic nitrogens is 3. The Morgan fingerprint density at radius 1 is 1.15 bits per heavy atom. The highest BCUT2D eigenvalue weighted by Gasteiger charge is 2.25. The van der Waals surface area contributed by atoms with E-state index in [1.165, 1.54) is 0 Å². The summed E-state index contributed by atoms with van der Waals surface area (Å²) in [6.07, 6.45) is 7.50. The fourth-order valence-electron chi connectivity index (χ4n) is 3.89. The van der Waals surface area contributed by atoms with E-state index in [9.17, 15) is 4.79 Å². The summed E-state index contributed by atoms with van der Waals surface area (Å²) >= 11 is 0. The number of piperidine rings is 1. The molecule has 1 amide bonds. The lowest BCUT2D eigenvalue weighted by atomic mass is 9.92. The van der Waals surface area contributed by atoms with Crippen LogP contribution in [0.25, 0.3) is 0 Å². The van der Waals surface area contributed by atoms with E-state index in [1.54, 1.807) is 12.3 Å². The standard InChI is InChI=1S/C20H26N4O3/c25-20(17-3-1-2-10-21-17)24-11-6-15(7-12-24)4-5-18-22-19(27-23-18)16-8-13-26-14-9-16/h1-3,10,15-16H,4-9,11-14H2. The predicted molar refractivity (Wildman–Crippen MR) is 98.3 cm³/mol. The van der Waals surface area contributed by atoms with Gasteiger partial charge in [0.15, 0.2) is 5.82 Å². The van der Waals surface area contributed by atoms with Gasteiger partial charge in [-0.05, 0) is 50.2 Å². The third kappa shape index (κ3) is 4.53. The van der Waals surface area contributed by atoms with Crippen molar-refractivity contribution in [2.75, 3.05) is 26.3 Å². The van der Waals surface area contributed by atoms with Gasteiger partial charge in [0.2, 0.25) is 5.89 Å². The van der Waals surface area contributed by atoms with Gasteiger partial charge in [0.1, 0.15) is 5.69 Å². The van der Waals surface area contributed by atoms with E-state index < -0.39 is 0 Å². The highest BCUT2D eigenvalue weighted by molar-refractivity contribution is 5.92. The lowest BCUT2D eigenvalue weighted by Gasteiger charge is -2.31. The summed E-state index contributed by atoms with van der Waals surface area (Å²) in [5.41, 5.74) is 0.531. The third-order valence-electron chi connectivity index (χ3n) is 5.62. The maximum atomic E-state index is 12.5. The molecule has 27 heavy (non-hydrogen) atoms. The fraction of sp³-hybridized carbons (Fsp3) is 0.600. The van der Waals surface area contributed by atoms with E-state index in [1.807, 2.05) is 17.0 Å². The third-order valence-corrected chi connectivity index (χ3v) is 5.62. The molecule has 4 rings (SSSR count). The van der Waals surface area contributed by atoms with Gasteiger partial charge in [-0.2, -0.15) is 4.98 Å². The Bertz CT molecular complexity index is 735. The quantitative estimate of drug-likeness (QED) is 0.805. The molecule has 0 aliphatic carbocycles. The zero-order chi connectivity index (χ0) is 18.5. The molecular weight excluding hydrogens is 344 g/mol. The molecule has 2 fully saturated rings. The highest BCUT2D eigenvalue weighted by Crippen LogP contribution is 2.26. The van der Waals surface area contributed by atoms with Gasteiger partial charge in [0.25, 0.3) is 5.91 Å². The summed E-state index contributed by atoms with van der Waals surface area (Å²) in [6, 6.07) is 5.46. The van der Waals surface area contributed by atoms with Crippen LogP contribution >= 0.6 is 0 Å². The number of pyridine rings is 1. The monoisotopic (exact) mass is 370 g/mol. The first kappa shape index (κ1) is 18.1. The van der Waals surface area contributed by atoms with Gasteiger partial charge in [-0.15, -0.1) is 0 Å². The first-order valence-electron chi connectivity index (χ1n) is 9.90. The zero-order valence-corrected chi connectivity index (χ0v) is 15.5. The number of rotatable bonds is 5. The molecule has 0 saturated carbocycles. The average Bonchev–Trinajstić information content (AvgIpc) is 3.22. The minimum Gasteiger partial charge on any atom is -0.381 e. The molecule has 0 N–H and O–H groups in total. The smallest absolute Gasteiger partial charge is 0.272 e. The normalized spacial score (nSPS) is 19.3. The molecule has 4 heterocycles. The maximum absolute atomic E-state index is 12.5. The molecule has 0 aromatic carbocycles. The van der Waals surface area contributed by atoms with Crippen molar-refractivity contribution in [2.24, 2.45) is 5.92 Å². The molecule has 144 valence electrons. The van der Waals surface area contributed by atoms with E-state index in [0.717, 1.165) is 76.5 Å². The summed E-state index contributed by atoms with van der Waals surface area (Å²) in [5, 5.41) is 4.16. The first-order chi connectivity index (χ1) is 13.3. The van der Waals surface area contributed by atoms with Crippen molar-refractivity contribution >= 4 is 5.91 Å². The van der Waals surface area contributed by atoms with E-state index in [0.29, 0.717) is 17.5 Å². The largest absolute Gasteiger partial charge is 0.381 e. The van der Waals surface area contributed by atoms with Crippen molar-refractivity contribution in [1.82, 2.24) is 20.0 Å². The van der Waals surface area contributed by atoms with Crippen LogP contribution in [0.5, 0.6) is 0 Å². The molecule has 0 radical (unpaired) electrons. The summed E-state index contributed by atoms with van der Waals surface area (Å²) in [7, 11) is 0. The molecule has 0 bridgehead atoms. The van der Waals surface area contributed by atoms with Crippen molar-refractivity contribution in [1.29, 1.82) is 0 Å². The minimum atomic E-state index is 0.0355. The Balaban J connectivity index is 1.23. The summed E-state index contributed by atoms with van der Waals surface area (Å²) in [4.78, 5) is 23.1. The second-order valence-corrected chi connectivity index (χ2v) is 7.42. The summed E-state index contributed by atoms with van der Waals surface area (Å²) in [6.45, 7) is 3.13. The van der Waals surface area contributed by atoms with Gasteiger partial charge in [0.05, 0.1) is 0 Å². The van der Waals surface area contributed by atoms with Gasteiger partial charge in [-0.1, -0.05) is 11.2 Å². The van der Waals surface area contributed by atoms with E-state index in [4.69, 9.17) is 9.26 Å². The number of ether oxygens (including phenoxy) is 1. The number of hydrogen-bond donors (Lipinski definition) is 0. The summed E-state index contributed by atoms with van der Waals surface area (Å²) < 4.78 is 10.9. The Labute approximate surface area is 159 Å². The van der Waals surface area contributed by atoms with Crippen LogP contribution in [-0.2, 0) is 11.2 Å². The average molecular weight is 370 g/mol. The van der Waals surface area contributed by atoms with Crippen molar-refractivity contribution in [3.63, 3.8) is 0 Å². The first-order valence-corrected chi connectivity index (χ1v) is 9.90. The molecular formula is C20H26N4O3. The number of amides is 1. The van der Waals surface area contributed by atoms with Gasteiger partial charge in [-0.25, -0.2) is 0 Å². The maximum Gasteiger partial charge on any atom is 0.272 e. The van der Waals surface area contributed by atoms with Crippen LogP contribution in [0.3, 0.4) is 0 Å². The predicted octanol–water partition coefficient (Wildman–Crippen LogP) is 2.84. The van der Waals surface area contributed by atoms with Crippen LogP contribution < -0.4 is 0 Å². The highest BCUT2D eigenvalue weighted by atomic mass is 16.5. The molecule has 7 nitrogen and oxygen atoms in total. The molecule has 2 aliphatic rings. The Morgan fingerprint density at radius 2 is 1.96 bits per heavy atom. The van der Waals surface area contributed by atoms with Gasteiger partial charge in [-0.3, -0.25) is 9.78 Å². The Morgan fingerprint density at radius 3 is 2.70 bits per heavy atom. The Hall–Kier alpha value is -2.28. The van der Waals surface area contributed by atoms with Gasteiger partial charge in [0, 0.05) is 44.8 Å². The number of hydrogen-bond acceptors (Lipinski definition) is 6. The van der Waals surface area contributed by atoms with E-state index in [-0.39, 0.29) is 5.91 Å². The van der Waals surface area contributed by atoms with Gasteiger partial charge < -0.3 is 14.2 Å². The lowest BCUT2D eigenvalue weighted by molar-refractivity contribution is 0.0680. The summed E-state index contributed by atoms with van der Waals surface area (Å²) in [5.74, 6) is 2.56. The van der Waals surface area contributed by atoms with Crippen molar-refractivity contribution in [2.45, 2.75) is 44.4 Å². The van der Waals surface area contributed by atoms with Crippen molar-refractivity contribution in [3.8, 4) is 0 Å². The van der Waals surface area contributed by atoms with Crippen LogP contribution in [0.2, 0.25) is 0 Å². The second-order valence-electron chi connectivity index (χ2n) is 7.42. The molecule has 0 spiro atoms. The molecule has 7 heteroatoms. The molecule has 0 atom stereocenters. The number of carbonyl (C=O) groups excluding carboxylic acids is 1. The lowest BCUT2D eigenvalue weighted by Crippen LogP contribution is -2.38. The molecule has 2 aliphatic heterocycles. The number of nitrogens with zero attached hydrogens (tertiary/aromatic N) is 4.